The van der Waals surface area contributed by atoms with Crippen LogP contribution in [0.5, 0.6) is 0 Å². The minimum absolute atomic E-state index is 0.0330. The number of pyridine rings is 1. The summed E-state index contributed by atoms with van der Waals surface area (Å²) in [5.74, 6) is 0. The highest BCUT2D eigenvalue weighted by molar-refractivity contribution is 9.10. The van der Waals surface area contributed by atoms with Crippen molar-refractivity contribution < 1.29 is 3.89 Å². The first-order chi connectivity index (χ1) is 6.65. The molecule has 0 N–H and O–H groups in total. The van der Waals surface area contributed by atoms with Crippen LogP contribution in [-0.2, 0) is 0 Å². The van der Waals surface area contributed by atoms with Crippen LogP contribution in [0.2, 0.25) is 10.3 Å². The second-order valence-electron chi connectivity index (χ2n) is 2.36. The highest BCUT2D eigenvalue weighted by Gasteiger charge is 2.15. The predicted molar refractivity (Wildman–Crippen MR) is 59.3 cm³/mol. The molecule has 0 bridgehead atoms. The Hall–Kier alpha value is -0.0400. The summed E-state index contributed by atoms with van der Waals surface area (Å²) in [4.78, 5) is 3.85. The molecule has 2 heterocycles. The van der Waals surface area contributed by atoms with Gasteiger partial charge in [0.1, 0.15) is 15.8 Å². The van der Waals surface area contributed by atoms with E-state index in [1.165, 1.54) is 6.20 Å². The van der Waals surface area contributed by atoms with Gasteiger partial charge in [-0.2, -0.15) is 9.19 Å². The Balaban J connectivity index is 2.92. The third kappa shape index (κ3) is 1.50. The lowest BCUT2D eigenvalue weighted by atomic mass is 10.3. The van der Waals surface area contributed by atoms with Crippen molar-refractivity contribution in [2.45, 2.75) is 0 Å². The van der Waals surface area contributed by atoms with Crippen LogP contribution in [0, 0.1) is 0 Å². The standard InChI is InChI=1S/C6HBrCl2FN3S/c7-3-4-2(1-11-13(4)14-10)5(8)12-6(3)9/h1H. The van der Waals surface area contributed by atoms with E-state index in [1.807, 2.05) is 0 Å². The average molecular weight is 317 g/mol. The van der Waals surface area contributed by atoms with Gasteiger partial charge in [-0.1, -0.05) is 23.2 Å². The van der Waals surface area contributed by atoms with Gasteiger partial charge in [0.15, 0.2) is 12.3 Å². The summed E-state index contributed by atoms with van der Waals surface area (Å²) in [5, 5.41) is 4.70. The first-order valence-electron chi connectivity index (χ1n) is 3.32. The molecule has 2 rings (SSSR count). The van der Waals surface area contributed by atoms with Crippen molar-refractivity contribution in [1.29, 1.82) is 0 Å². The number of hydrogen-bond acceptors (Lipinski definition) is 3. The lowest BCUT2D eigenvalue weighted by Crippen LogP contribution is -1.88. The molecule has 0 amide bonds. The van der Waals surface area contributed by atoms with E-state index in [1.54, 1.807) is 0 Å². The molecule has 0 saturated heterocycles. The van der Waals surface area contributed by atoms with E-state index < -0.39 is 0 Å². The monoisotopic (exact) mass is 315 g/mol. The molecule has 0 radical (unpaired) electrons. The van der Waals surface area contributed by atoms with Gasteiger partial charge in [-0.25, -0.2) is 4.98 Å². The van der Waals surface area contributed by atoms with Crippen molar-refractivity contribution in [3.63, 3.8) is 0 Å². The first kappa shape index (κ1) is 10.5. The molecule has 2 aromatic rings. The van der Waals surface area contributed by atoms with Crippen LogP contribution < -0.4 is 0 Å². The Morgan fingerprint density at radius 2 is 2.14 bits per heavy atom. The summed E-state index contributed by atoms with van der Waals surface area (Å²) < 4.78 is 14.0. The Kier molecular flexibility index (Phi) is 2.88. The zero-order valence-electron chi connectivity index (χ0n) is 6.34. The van der Waals surface area contributed by atoms with Crippen molar-refractivity contribution >= 4 is 62.4 Å². The molecule has 2 aromatic heterocycles. The molecule has 8 heteroatoms. The van der Waals surface area contributed by atoms with Gasteiger partial charge in [-0.15, -0.1) is 3.89 Å². The fourth-order valence-electron chi connectivity index (χ4n) is 1.03. The van der Waals surface area contributed by atoms with Gasteiger partial charge in [-0.05, 0) is 15.9 Å². The molecule has 74 valence electrons. The van der Waals surface area contributed by atoms with Crippen LogP contribution in [0.3, 0.4) is 0 Å². The van der Waals surface area contributed by atoms with E-state index in [-0.39, 0.29) is 22.6 Å². The second kappa shape index (κ2) is 3.84. The smallest absolute Gasteiger partial charge is 0.188 e. The minimum Gasteiger partial charge on any atom is -0.222 e. The normalized spacial score (nSPS) is 11.1. The van der Waals surface area contributed by atoms with Crippen molar-refractivity contribution in [3.05, 3.63) is 21.0 Å². The fourth-order valence-corrected chi connectivity index (χ4v) is 2.40. The third-order valence-electron chi connectivity index (χ3n) is 1.61. The first-order valence-corrected chi connectivity index (χ1v) is 5.54. The Bertz CT molecular complexity index is 503. The summed E-state index contributed by atoms with van der Waals surface area (Å²) >= 11 is 14.7. The second-order valence-corrected chi connectivity index (χ2v) is 4.35. The van der Waals surface area contributed by atoms with Crippen LogP contribution in [0.15, 0.2) is 10.7 Å². The molecule has 0 spiro atoms. The third-order valence-corrected chi connectivity index (χ3v) is 3.56. The van der Waals surface area contributed by atoms with Gasteiger partial charge in [0.25, 0.3) is 0 Å². The highest BCUT2D eigenvalue weighted by Crippen LogP contribution is 2.34. The van der Waals surface area contributed by atoms with E-state index in [0.717, 1.165) is 4.09 Å². The number of aromatic nitrogens is 3. The van der Waals surface area contributed by atoms with Crippen molar-refractivity contribution in [2.75, 3.05) is 0 Å². The van der Waals surface area contributed by atoms with E-state index in [2.05, 4.69) is 26.0 Å². The molecule has 0 atom stereocenters. The molecule has 0 aliphatic carbocycles. The lowest BCUT2D eigenvalue weighted by Gasteiger charge is -2.00. The molecule has 0 saturated carbocycles. The van der Waals surface area contributed by atoms with Gasteiger partial charge in [0.05, 0.1) is 16.1 Å². The van der Waals surface area contributed by atoms with Crippen molar-refractivity contribution in [3.8, 4) is 0 Å². The summed E-state index contributed by atoms with van der Waals surface area (Å²) in [5.41, 5.74) is 0.475. The zero-order valence-corrected chi connectivity index (χ0v) is 10.3. The maximum absolute atomic E-state index is 12.4. The predicted octanol–water partition coefficient (Wildman–Crippen LogP) is 3.88. The van der Waals surface area contributed by atoms with Crippen LogP contribution in [0.25, 0.3) is 10.9 Å². The number of nitrogens with zero attached hydrogens (tertiary/aromatic N) is 3. The fraction of sp³-hybridized carbons (Fsp3) is 0. The largest absolute Gasteiger partial charge is 0.222 e. The Morgan fingerprint density at radius 1 is 1.43 bits per heavy atom. The summed E-state index contributed by atoms with van der Waals surface area (Å²) in [7, 11) is 0. The van der Waals surface area contributed by atoms with Crippen LogP contribution in [-0.4, -0.2) is 14.2 Å². The molecular formula is C6HBrCl2FN3S. The van der Waals surface area contributed by atoms with Crippen LogP contribution >= 0.6 is 51.5 Å². The maximum Gasteiger partial charge on any atom is 0.188 e. The topological polar surface area (TPSA) is 30.7 Å². The number of rotatable bonds is 1. The SMILES string of the molecule is FSn1ncc2c(Cl)nc(Cl)c(Br)c21. The van der Waals surface area contributed by atoms with Gasteiger partial charge in [0, 0.05) is 0 Å². The Labute approximate surface area is 101 Å². The molecule has 0 fully saturated rings. The summed E-state index contributed by atoms with van der Waals surface area (Å²) in [6, 6.07) is 0. The molecule has 14 heavy (non-hydrogen) atoms. The van der Waals surface area contributed by atoms with Crippen LogP contribution in [0.4, 0.5) is 3.89 Å². The van der Waals surface area contributed by atoms with Gasteiger partial charge in [0.2, 0.25) is 0 Å². The van der Waals surface area contributed by atoms with Crippen LogP contribution in [0.1, 0.15) is 0 Å². The Morgan fingerprint density at radius 3 is 2.79 bits per heavy atom. The average Bonchev–Trinajstić information content (AvgIpc) is 2.58. The quantitative estimate of drug-likeness (QED) is 0.748. The highest BCUT2D eigenvalue weighted by atomic mass is 79.9. The summed E-state index contributed by atoms with van der Waals surface area (Å²) in [6.45, 7) is 0. The van der Waals surface area contributed by atoms with Gasteiger partial charge >= 0.3 is 0 Å². The van der Waals surface area contributed by atoms with E-state index in [9.17, 15) is 3.89 Å². The van der Waals surface area contributed by atoms with Crippen molar-refractivity contribution in [1.82, 2.24) is 14.2 Å². The molecule has 0 aromatic carbocycles. The minimum atomic E-state index is -0.0330. The summed E-state index contributed by atoms with van der Waals surface area (Å²) in [6.07, 6.45) is 1.43. The number of hydrogen-bond donors (Lipinski definition) is 0. The zero-order chi connectivity index (χ0) is 10.3. The molecule has 0 aliphatic rings. The number of halogens is 4. The van der Waals surface area contributed by atoms with Gasteiger partial charge < -0.3 is 0 Å². The number of fused-ring (bicyclic) bond motifs is 1. The molecule has 0 aliphatic heterocycles. The van der Waals surface area contributed by atoms with E-state index >= 15 is 0 Å². The van der Waals surface area contributed by atoms with Gasteiger partial charge in [-0.3, -0.25) is 0 Å². The molecular weight excluding hydrogens is 316 g/mol. The van der Waals surface area contributed by atoms with E-state index in [4.69, 9.17) is 23.2 Å². The van der Waals surface area contributed by atoms with E-state index in [0.29, 0.717) is 15.4 Å². The molecule has 0 unspecified atom stereocenters. The maximum atomic E-state index is 12.4. The molecule has 3 nitrogen and oxygen atoms in total. The lowest BCUT2D eigenvalue weighted by molar-refractivity contribution is 0.888. The van der Waals surface area contributed by atoms with Crippen molar-refractivity contribution in [2.24, 2.45) is 0 Å².